The third-order valence-corrected chi connectivity index (χ3v) is 4.42. The summed E-state index contributed by atoms with van der Waals surface area (Å²) in [4.78, 5) is 0. The summed E-state index contributed by atoms with van der Waals surface area (Å²) in [6.45, 7) is 2.45. The minimum atomic E-state index is 0.123. The highest BCUT2D eigenvalue weighted by Gasteiger charge is 2.13. The maximum Gasteiger partial charge on any atom is 0.176 e. The molecule has 0 fully saturated rings. The molecule has 132 valence electrons. The van der Waals surface area contributed by atoms with Crippen molar-refractivity contribution in [2.75, 3.05) is 13.2 Å². The SMILES string of the molecule is C#CCOc1c(Br)cc(/C=C(\C#N)c2ccc(Cl)cc2Cl)cc1OCC. The Balaban J connectivity index is 2.51. The molecule has 0 aliphatic heterocycles. The quantitative estimate of drug-likeness (QED) is 0.297. The van der Waals surface area contributed by atoms with Crippen molar-refractivity contribution in [3.63, 3.8) is 0 Å². The van der Waals surface area contributed by atoms with E-state index in [1.807, 2.05) is 13.0 Å². The zero-order valence-corrected chi connectivity index (χ0v) is 17.0. The third kappa shape index (κ3) is 4.96. The van der Waals surface area contributed by atoms with Crippen molar-refractivity contribution in [2.24, 2.45) is 0 Å². The second-order valence-electron chi connectivity index (χ2n) is 5.05. The molecular formula is C20H14BrCl2NO2. The summed E-state index contributed by atoms with van der Waals surface area (Å²) in [5, 5.41) is 10.5. The predicted octanol–water partition coefficient (Wildman–Crippen LogP) is 6.23. The van der Waals surface area contributed by atoms with Gasteiger partial charge in [0.1, 0.15) is 6.61 Å². The van der Waals surface area contributed by atoms with Gasteiger partial charge < -0.3 is 9.47 Å². The first kappa shape index (κ1) is 20.2. The highest BCUT2D eigenvalue weighted by Crippen LogP contribution is 2.38. The Kier molecular flexibility index (Phi) is 7.42. The second kappa shape index (κ2) is 9.55. The van der Waals surface area contributed by atoms with Gasteiger partial charge >= 0.3 is 0 Å². The molecule has 6 heteroatoms. The normalized spacial score (nSPS) is 10.8. The molecule has 2 rings (SSSR count). The van der Waals surface area contributed by atoms with E-state index in [4.69, 9.17) is 39.1 Å². The van der Waals surface area contributed by atoms with Crippen LogP contribution in [0.5, 0.6) is 11.5 Å². The number of nitriles is 1. The van der Waals surface area contributed by atoms with Crippen molar-refractivity contribution in [3.8, 4) is 29.9 Å². The van der Waals surface area contributed by atoms with Crippen LogP contribution < -0.4 is 9.47 Å². The smallest absolute Gasteiger partial charge is 0.176 e. The Labute approximate surface area is 171 Å². The van der Waals surface area contributed by atoms with Gasteiger partial charge in [0.2, 0.25) is 0 Å². The Morgan fingerprint density at radius 1 is 1.27 bits per heavy atom. The lowest BCUT2D eigenvalue weighted by atomic mass is 10.0. The van der Waals surface area contributed by atoms with Gasteiger partial charge in [0.25, 0.3) is 0 Å². The van der Waals surface area contributed by atoms with Crippen molar-refractivity contribution >= 4 is 50.8 Å². The van der Waals surface area contributed by atoms with Crippen LogP contribution in [0.2, 0.25) is 10.0 Å². The van der Waals surface area contributed by atoms with Crippen LogP contribution in [0.3, 0.4) is 0 Å². The van der Waals surface area contributed by atoms with Gasteiger partial charge in [-0.1, -0.05) is 35.2 Å². The summed E-state index contributed by atoms with van der Waals surface area (Å²) >= 11 is 15.6. The Bertz CT molecular complexity index is 927. The monoisotopic (exact) mass is 449 g/mol. The molecule has 2 aromatic rings. The lowest BCUT2D eigenvalue weighted by Gasteiger charge is -2.13. The van der Waals surface area contributed by atoms with Crippen LogP contribution in [0.15, 0.2) is 34.8 Å². The molecule has 0 aromatic heterocycles. The highest BCUT2D eigenvalue weighted by molar-refractivity contribution is 9.10. The number of allylic oxidation sites excluding steroid dienone is 1. The lowest BCUT2D eigenvalue weighted by molar-refractivity contribution is 0.298. The molecule has 0 heterocycles. The first-order valence-electron chi connectivity index (χ1n) is 7.60. The van der Waals surface area contributed by atoms with E-state index in [9.17, 15) is 5.26 Å². The summed E-state index contributed by atoms with van der Waals surface area (Å²) in [5.41, 5.74) is 1.74. The first-order chi connectivity index (χ1) is 12.5. The fraction of sp³-hybridized carbons (Fsp3) is 0.150. The molecule has 0 saturated carbocycles. The van der Waals surface area contributed by atoms with Gasteiger partial charge in [-0.2, -0.15) is 5.26 Å². The van der Waals surface area contributed by atoms with E-state index in [1.54, 1.807) is 30.3 Å². The number of benzene rings is 2. The van der Waals surface area contributed by atoms with Crippen LogP contribution in [0.4, 0.5) is 0 Å². The van der Waals surface area contributed by atoms with Crippen molar-refractivity contribution in [1.29, 1.82) is 5.26 Å². The molecule has 2 aromatic carbocycles. The maximum absolute atomic E-state index is 9.55. The minimum Gasteiger partial charge on any atom is -0.490 e. The van der Waals surface area contributed by atoms with E-state index >= 15 is 0 Å². The number of hydrogen-bond donors (Lipinski definition) is 0. The zero-order chi connectivity index (χ0) is 19.1. The Morgan fingerprint density at radius 2 is 2.04 bits per heavy atom. The highest BCUT2D eigenvalue weighted by atomic mass is 79.9. The summed E-state index contributed by atoms with van der Waals surface area (Å²) in [7, 11) is 0. The predicted molar refractivity (Wildman–Crippen MR) is 110 cm³/mol. The van der Waals surface area contributed by atoms with Gasteiger partial charge in [0.15, 0.2) is 11.5 Å². The van der Waals surface area contributed by atoms with Crippen molar-refractivity contribution in [2.45, 2.75) is 6.92 Å². The van der Waals surface area contributed by atoms with E-state index in [0.717, 1.165) is 5.56 Å². The molecule has 0 aliphatic carbocycles. The van der Waals surface area contributed by atoms with Gasteiger partial charge in [-0.3, -0.25) is 0 Å². The van der Waals surface area contributed by atoms with Gasteiger partial charge in [-0.15, -0.1) is 6.42 Å². The number of nitrogens with zero attached hydrogens (tertiary/aromatic N) is 1. The van der Waals surface area contributed by atoms with Crippen molar-refractivity contribution < 1.29 is 9.47 Å². The second-order valence-corrected chi connectivity index (χ2v) is 6.75. The number of hydrogen-bond acceptors (Lipinski definition) is 3. The molecule has 0 unspecified atom stereocenters. The lowest BCUT2D eigenvalue weighted by Crippen LogP contribution is -2.00. The van der Waals surface area contributed by atoms with Crippen LogP contribution in [-0.4, -0.2) is 13.2 Å². The van der Waals surface area contributed by atoms with Crippen LogP contribution in [0.1, 0.15) is 18.1 Å². The van der Waals surface area contributed by atoms with E-state index in [0.29, 0.717) is 43.8 Å². The van der Waals surface area contributed by atoms with Gasteiger partial charge in [-0.05, 0) is 58.8 Å². The molecule has 0 atom stereocenters. The molecule has 0 amide bonds. The fourth-order valence-electron chi connectivity index (χ4n) is 2.23. The summed E-state index contributed by atoms with van der Waals surface area (Å²) in [6.07, 6.45) is 6.97. The molecule has 0 N–H and O–H groups in total. The van der Waals surface area contributed by atoms with Gasteiger partial charge in [0.05, 0.1) is 27.7 Å². The van der Waals surface area contributed by atoms with E-state index < -0.39 is 0 Å². The molecule has 0 bridgehead atoms. The summed E-state index contributed by atoms with van der Waals surface area (Å²) < 4.78 is 11.9. The topological polar surface area (TPSA) is 42.2 Å². The largest absolute Gasteiger partial charge is 0.490 e. The standard InChI is InChI=1S/C20H14BrCl2NO2/c1-3-7-26-20-17(21)9-13(10-19(20)25-4-2)8-14(12-24)16-6-5-15(22)11-18(16)23/h1,5-6,8-11H,4,7H2,2H3/b14-8+. The molecule has 26 heavy (non-hydrogen) atoms. The molecule has 3 nitrogen and oxygen atoms in total. The average Bonchev–Trinajstić information content (AvgIpc) is 2.60. The average molecular weight is 451 g/mol. The maximum atomic E-state index is 9.55. The van der Waals surface area contributed by atoms with Gasteiger partial charge in [-0.25, -0.2) is 0 Å². The molecule has 0 saturated heterocycles. The number of terminal acetylenes is 1. The minimum absolute atomic E-state index is 0.123. The van der Waals surface area contributed by atoms with Crippen molar-refractivity contribution in [3.05, 3.63) is 56.0 Å². The van der Waals surface area contributed by atoms with Crippen LogP contribution in [0, 0.1) is 23.7 Å². The molecule has 0 spiro atoms. The van der Waals surface area contributed by atoms with E-state index in [1.165, 1.54) is 0 Å². The Hall–Kier alpha value is -2.11. The number of halogens is 3. The number of ether oxygens (including phenoxy) is 2. The van der Waals surface area contributed by atoms with Crippen LogP contribution in [-0.2, 0) is 0 Å². The summed E-state index contributed by atoms with van der Waals surface area (Å²) in [5.74, 6) is 3.47. The molecular weight excluding hydrogens is 437 g/mol. The van der Waals surface area contributed by atoms with E-state index in [-0.39, 0.29) is 6.61 Å². The summed E-state index contributed by atoms with van der Waals surface area (Å²) in [6, 6.07) is 10.8. The van der Waals surface area contributed by atoms with Crippen molar-refractivity contribution in [1.82, 2.24) is 0 Å². The Morgan fingerprint density at radius 3 is 2.65 bits per heavy atom. The molecule has 0 radical (unpaired) electrons. The zero-order valence-electron chi connectivity index (χ0n) is 13.9. The van der Waals surface area contributed by atoms with E-state index in [2.05, 4.69) is 27.9 Å². The van der Waals surface area contributed by atoms with Crippen LogP contribution in [0.25, 0.3) is 11.6 Å². The molecule has 0 aliphatic rings. The first-order valence-corrected chi connectivity index (χ1v) is 9.14. The fourth-order valence-corrected chi connectivity index (χ4v) is 3.32. The van der Waals surface area contributed by atoms with Crippen LogP contribution >= 0.6 is 39.1 Å². The third-order valence-electron chi connectivity index (χ3n) is 3.28. The number of rotatable bonds is 6. The van der Waals surface area contributed by atoms with Gasteiger partial charge in [0, 0.05) is 10.6 Å².